The molecule has 5 N–H and O–H groups in total. The molecule has 0 saturated carbocycles. The fourth-order valence-corrected chi connectivity index (χ4v) is 2.40. The molecular formula is C17H23F3N8O. The molecule has 2 heterocycles. The molecule has 0 spiro atoms. The SMILES string of the molecule is Cc1cn(CCCCN(N)/C=C(\N)C(=O)NCc2cc(C(F)(F)F)ccn2)nn1. The highest BCUT2D eigenvalue weighted by Gasteiger charge is 2.30. The maximum atomic E-state index is 12.7. The number of nitrogens with zero attached hydrogens (tertiary/aromatic N) is 5. The molecule has 158 valence electrons. The molecule has 0 aromatic carbocycles. The summed E-state index contributed by atoms with van der Waals surface area (Å²) in [5, 5.41) is 11.5. The summed E-state index contributed by atoms with van der Waals surface area (Å²) < 4.78 is 39.8. The number of carbonyl (C=O) groups excluding carboxylic acids is 1. The second-order valence-corrected chi connectivity index (χ2v) is 6.37. The summed E-state index contributed by atoms with van der Waals surface area (Å²) in [6.07, 6.45) is 1.20. The number of hydrazine groups is 1. The molecule has 2 aromatic rings. The number of rotatable bonds is 9. The molecular weight excluding hydrogens is 389 g/mol. The van der Waals surface area contributed by atoms with E-state index in [1.165, 1.54) is 11.2 Å². The number of aryl methyl sites for hydroxylation is 2. The molecule has 0 bridgehead atoms. The molecule has 12 heteroatoms. The Morgan fingerprint density at radius 1 is 1.38 bits per heavy atom. The van der Waals surface area contributed by atoms with Gasteiger partial charge >= 0.3 is 6.18 Å². The smallest absolute Gasteiger partial charge is 0.393 e. The Hall–Kier alpha value is -3.15. The summed E-state index contributed by atoms with van der Waals surface area (Å²) in [7, 11) is 0. The van der Waals surface area contributed by atoms with E-state index in [9.17, 15) is 18.0 Å². The number of aromatic nitrogens is 4. The van der Waals surface area contributed by atoms with Crippen LogP contribution in [-0.2, 0) is 24.1 Å². The maximum Gasteiger partial charge on any atom is 0.416 e. The zero-order valence-electron chi connectivity index (χ0n) is 15.9. The van der Waals surface area contributed by atoms with Gasteiger partial charge in [0.15, 0.2) is 0 Å². The molecule has 0 radical (unpaired) electrons. The third kappa shape index (κ3) is 7.41. The standard InChI is InChI=1S/C17H23F3N8O/c1-12-10-28(26-25-12)7-3-2-6-27(22)11-15(21)16(29)24-9-14-8-13(4-5-23-14)17(18,19)20/h4-5,8,10-11H,2-3,6-7,9,21-22H2,1H3,(H,24,29)/b15-11-. The number of unbranched alkanes of at least 4 members (excludes halogenated alkanes) is 1. The van der Waals surface area contributed by atoms with Crippen molar-refractivity contribution in [2.24, 2.45) is 11.6 Å². The second kappa shape index (κ2) is 9.87. The Morgan fingerprint density at radius 2 is 2.14 bits per heavy atom. The van der Waals surface area contributed by atoms with Gasteiger partial charge in [-0.15, -0.1) is 5.10 Å². The van der Waals surface area contributed by atoms with Gasteiger partial charge in [-0.3, -0.25) is 14.5 Å². The first-order valence-corrected chi connectivity index (χ1v) is 8.81. The molecule has 0 unspecified atom stereocenters. The van der Waals surface area contributed by atoms with Crippen molar-refractivity contribution >= 4 is 5.91 Å². The van der Waals surface area contributed by atoms with Crippen LogP contribution in [0.1, 0.15) is 29.8 Å². The van der Waals surface area contributed by atoms with Crippen LogP contribution in [-0.4, -0.2) is 37.4 Å². The molecule has 0 aliphatic heterocycles. The van der Waals surface area contributed by atoms with Crippen LogP contribution in [0.3, 0.4) is 0 Å². The minimum atomic E-state index is -4.48. The largest absolute Gasteiger partial charge is 0.416 e. The highest BCUT2D eigenvalue weighted by Crippen LogP contribution is 2.28. The molecule has 0 aliphatic rings. The van der Waals surface area contributed by atoms with Gasteiger partial charge in [0.2, 0.25) is 0 Å². The highest BCUT2D eigenvalue weighted by atomic mass is 19.4. The lowest BCUT2D eigenvalue weighted by Gasteiger charge is -2.15. The van der Waals surface area contributed by atoms with Crippen LogP contribution in [0, 0.1) is 6.92 Å². The van der Waals surface area contributed by atoms with Crippen molar-refractivity contribution in [3.63, 3.8) is 0 Å². The number of carbonyl (C=O) groups is 1. The van der Waals surface area contributed by atoms with Crippen molar-refractivity contribution in [1.29, 1.82) is 0 Å². The van der Waals surface area contributed by atoms with E-state index in [1.54, 1.807) is 4.68 Å². The average Bonchev–Trinajstić information content (AvgIpc) is 3.08. The fourth-order valence-electron chi connectivity index (χ4n) is 2.40. The van der Waals surface area contributed by atoms with E-state index >= 15 is 0 Å². The molecule has 2 aromatic heterocycles. The third-order valence-corrected chi connectivity index (χ3v) is 3.85. The highest BCUT2D eigenvalue weighted by molar-refractivity contribution is 5.92. The van der Waals surface area contributed by atoms with Gasteiger partial charge in [0.05, 0.1) is 23.5 Å². The Bertz CT molecular complexity index is 849. The first-order chi connectivity index (χ1) is 13.6. The molecule has 0 saturated heterocycles. The summed E-state index contributed by atoms with van der Waals surface area (Å²) in [6, 6.07) is 1.72. The van der Waals surface area contributed by atoms with Crippen molar-refractivity contribution in [3.05, 3.63) is 53.4 Å². The van der Waals surface area contributed by atoms with E-state index in [0.717, 1.165) is 36.9 Å². The number of pyridine rings is 1. The van der Waals surface area contributed by atoms with Crippen molar-refractivity contribution in [2.75, 3.05) is 6.54 Å². The third-order valence-electron chi connectivity index (χ3n) is 3.85. The van der Waals surface area contributed by atoms with Gasteiger partial charge in [-0.25, -0.2) is 5.84 Å². The van der Waals surface area contributed by atoms with E-state index in [0.29, 0.717) is 13.1 Å². The van der Waals surface area contributed by atoms with Gasteiger partial charge < -0.3 is 16.1 Å². The van der Waals surface area contributed by atoms with Crippen LogP contribution < -0.4 is 16.9 Å². The summed E-state index contributed by atoms with van der Waals surface area (Å²) in [6.45, 7) is 2.81. The number of halogens is 3. The molecule has 2 rings (SSSR count). The summed E-state index contributed by atoms with van der Waals surface area (Å²) >= 11 is 0. The van der Waals surface area contributed by atoms with Gasteiger partial charge in [-0.1, -0.05) is 5.21 Å². The minimum absolute atomic E-state index is 0.0638. The number of hydrogen-bond donors (Lipinski definition) is 3. The number of hydrogen-bond acceptors (Lipinski definition) is 7. The monoisotopic (exact) mass is 412 g/mol. The number of alkyl halides is 3. The molecule has 0 aliphatic carbocycles. The van der Waals surface area contributed by atoms with E-state index in [2.05, 4.69) is 20.6 Å². The molecule has 1 amide bonds. The van der Waals surface area contributed by atoms with E-state index in [1.807, 2.05) is 13.1 Å². The summed E-state index contributed by atoms with van der Waals surface area (Å²) in [4.78, 5) is 15.8. The first-order valence-electron chi connectivity index (χ1n) is 8.81. The van der Waals surface area contributed by atoms with Gasteiger partial charge in [-0.2, -0.15) is 13.2 Å². The quantitative estimate of drug-likeness (QED) is 0.243. The molecule has 0 atom stereocenters. The number of nitrogens with one attached hydrogen (secondary N) is 1. The number of amides is 1. The Balaban J connectivity index is 1.75. The molecule has 9 nitrogen and oxygen atoms in total. The fraction of sp³-hybridized carbons (Fsp3) is 0.412. The Kier molecular flexibility index (Phi) is 7.53. The Labute approximate surface area is 165 Å². The van der Waals surface area contributed by atoms with Crippen LogP contribution >= 0.6 is 0 Å². The normalized spacial score (nSPS) is 12.1. The lowest BCUT2D eigenvalue weighted by atomic mass is 10.2. The van der Waals surface area contributed by atoms with E-state index in [-0.39, 0.29) is 17.9 Å². The van der Waals surface area contributed by atoms with Gasteiger partial charge in [-0.05, 0) is 31.9 Å². The van der Waals surface area contributed by atoms with Crippen LogP contribution in [0.25, 0.3) is 0 Å². The predicted molar refractivity (Wildman–Crippen MR) is 98.2 cm³/mol. The summed E-state index contributed by atoms with van der Waals surface area (Å²) in [5.41, 5.74) is 5.59. The Morgan fingerprint density at radius 3 is 2.79 bits per heavy atom. The predicted octanol–water partition coefficient (Wildman–Crippen LogP) is 1.07. The van der Waals surface area contributed by atoms with Crippen LogP contribution in [0.5, 0.6) is 0 Å². The van der Waals surface area contributed by atoms with Crippen LogP contribution in [0.2, 0.25) is 0 Å². The van der Waals surface area contributed by atoms with Gasteiger partial charge in [0.1, 0.15) is 5.70 Å². The van der Waals surface area contributed by atoms with Crippen molar-refractivity contribution in [3.8, 4) is 0 Å². The van der Waals surface area contributed by atoms with Crippen molar-refractivity contribution in [1.82, 2.24) is 30.3 Å². The first kappa shape index (κ1) is 22.1. The van der Waals surface area contributed by atoms with Crippen molar-refractivity contribution < 1.29 is 18.0 Å². The van der Waals surface area contributed by atoms with Gasteiger partial charge in [0, 0.05) is 31.7 Å². The number of nitrogens with two attached hydrogens (primary N) is 2. The lowest BCUT2D eigenvalue weighted by Crippen LogP contribution is -2.33. The topological polar surface area (TPSA) is 128 Å². The van der Waals surface area contributed by atoms with Crippen LogP contribution in [0.4, 0.5) is 13.2 Å². The van der Waals surface area contributed by atoms with Gasteiger partial charge in [0.25, 0.3) is 5.91 Å². The van der Waals surface area contributed by atoms with Crippen molar-refractivity contribution in [2.45, 2.75) is 39.0 Å². The van der Waals surface area contributed by atoms with E-state index in [4.69, 9.17) is 11.6 Å². The average molecular weight is 412 g/mol. The zero-order chi connectivity index (χ0) is 21.4. The zero-order valence-corrected chi connectivity index (χ0v) is 15.9. The van der Waals surface area contributed by atoms with E-state index < -0.39 is 17.6 Å². The summed E-state index contributed by atoms with van der Waals surface area (Å²) in [5.74, 6) is 5.14. The lowest BCUT2D eigenvalue weighted by molar-refractivity contribution is -0.137. The maximum absolute atomic E-state index is 12.7. The molecule has 29 heavy (non-hydrogen) atoms. The van der Waals surface area contributed by atoms with Crippen LogP contribution in [0.15, 0.2) is 36.4 Å². The second-order valence-electron chi connectivity index (χ2n) is 6.37. The molecule has 0 fully saturated rings. The minimum Gasteiger partial charge on any atom is -0.393 e.